The molecular formula is C38H65NO30. The molecule has 0 aromatic carbocycles. The van der Waals surface area contributed by atoms with Crippen molar-refractivity contribution in [3.63, 3.8) is 0 Å². The van der Waals surface area contributed by atoms with Crippen molar-refractivity contribution in [2.75, 3.05) is 33.0 Å². The van der Waals surface area contributed by atoms with Crippen molar-refractivity contribution in [2.24, 2.45) is 0 Å². The molecule has 1 amide bonds. The van der Waals surface area contributed by atoms with E-state index in [0.717, 1.165) is 6.92 Å². The van der Waals surface area contributed by atoms with Crippen LogP contribution in [0.25, 0.3) is 0 Å². The first-order chi connectivity index (χ1) is 32.6. The minimum absolute atomic E-state index is 0.842. The van der Waals surface area contributed by atoms with Crippen LogP contribution in [0, 0.1) is 0 Å². The molecule has 6 saturated heterocycles. The zero-order valence-electron chi connectivity index (χ0n) is 36.8. The molecule has 0 bridgehead atoms. The van der Waals surface area contributed by atoms with Gasteiger partial charge in [-0.1, -0.05) is 0 Å². The predicted octanol–water partition coefficient (Wildman–Crippen LogP) is -12.9. The van der Waals surface area contributed by atoms with Crippen molar-refractivity contribution in [1.29, 1.82) is 0 Å². The van der Waals surface area contributed by atoms with Crippen molar-refractivity contribution in [2.45, 2.75) is 198 Å². The van der Waals surface area contributed by atoms with Crippen LogP contribution in [-0.4, -0.2) is 315 Å². The molecular weight excluding hydrogens is 950 g/mol. The maximum atomic E-state index is 12.6. The molecule has 0 radical (unpaired) electrons. The molecule has 31 heteroatoms. The number of ether oxygens (including phenoxy) is 11. The third kappa shape index (κ3) is 11.8. The van der Waals surface area contributed by atoms with Gasteiger partial charge in [-0.2, -0.15) is 0 Å². The average molecular weight is 1020 g/mol. The van der Waals surface area contributed by atoms with Gasteiger partial charge < -0.3 is 149 Å². The lowest BCUT2D eigenvalue weighted by Crippen LogP contribution is -2.70. The number of hydrogen-bond donors (Lipinski definition) is 19. The lowest BCUT2D eigenvalue weighted by molar-refractivity contribution is -0.388. The van der Waals surface area contributed by atoms with Gasteiger partial charge in [0.25, 0.3) is 0 Å². The second-order valence-electron chi connectivity index (χ2n) is 17.5. The van der Waals surface area contributed by atoms with E-state index < -0.39 is 223 Å². The fourth-order valence-electron chi connectivity index (χ4n) is 8.93. The van der Waals surface area contributed by atoms with Gasteiger partial charge in [0.15, 0.2) is 37.7 Å². The third-order valence-electron chi connectivity index (χ3n) is 12.8. The van der Waals surface area contributed by atoms with Crippen LogP contribution in [0.4, 0.5) is 0 Å². The number of nitrogens with one attached hydrogen (secondary N) is 1. The molecule has 31 nitrogen and oxygen atoms in total. The van der Waals surface area contributed by atoms with Gasteiger partial charge >= 0.3 is 0 Å². The second kappa shape index (κ2) is 24.1. The van der Waals surface area contributed by atoms with Gasteiger partial charge in [0.2, 0.25) is 5.91 Å². The second-order valence-corrected chi connectivity index (χ2v) is 17.5. The summed E-state index contributed by atoms with van der Waals surface area (Å²) >= 11 is 0. The summed E-state index contributed by atoms with van der Waals surface area (Å²) in [5.74, 6) is -0.842. The average Bonchev–Trinajstić information content (AvgIpc) is 3.32. The Morgan fingerprint density at radius 3 is 1.23 bits per heavy atom. The van der Waals surface area contributed by atoms with E-state index in [0.29, 0.717) is 0 Å². The minimum atomic E-state index is -2.20. The molecule has 0 aromatic rings. The summed E-state index contributed by atoms with van der Waals surface area (Å²) in [5.41, 5.74) is 0. The Kier molecular flexibility index (Phi) is 19.8. The summed E-state index contributed by atoms with van der Waals surface area (Å²) in [4.78, 5) is 12.6. The van der Waals surface area contributed by atoms with Gasteiger partial charge in [-0.25, -0.2) is 0 Å². The first kappa shape index (κ1) is 56.6. The largest absolute Gasteiger partial charge is 0.394 e. The first-order valence-corrected chi connectivity index (χ1v) is 22.0. The topological polar surface area (TPSA) is 495 Å². The Hall–Kier alpha value is -1.69. The third-order valence-corrected chi connectivity index (χ3v) is 12.8. The van der Waals surface area contributed by atoms with Crippen LogP contribution in [0.3, 0.4) is 0 Å². The van der Waals surface area contributed by atoms with Gasteiger partial charge in [-0.05, 0) is 6.92 Å². The van der Waals surface area contributed by atoms with Crippen molar-refractivity contribution < 1.29 is 149 Å². The first-order valence-electron chi connectivity index (χ1n) is 22.0. The summed E-state index contributed by atoms with van der Waals surface area (Å²) in [7, 11) is 0. The van der Waals surface area contributed by atoms with Crippen molar-refractivity contribution in [3.8, 4) is 0 Å². The number of amides is 1. The van der Waals surface area contributed by atoms with E-state index in [4.69, 9.17) is 52.1 Å². The van der Waals surface area contributed by atoms with E-state index in [9.17, 15) is 96.7 Å². The van der Waals surface area contributed by atoms with Crippen molar-refractivity contribution in [3.05, 3.63) is 0 Å². The fourth-order valence-corrected chi connectivity index (χ4v) is 8.93. The smallest absolute Gasteiger partial charge is 0.217 e. The molecule has 6 fully saturated rings. The van der Waals surface area contributed by atoms with Crippen molar-refractivity contribution in [1.82, 2.24) is 5.32 Å². The van der Waals surface area contributed by atoms with Gasteiger partial charge in [-0.3, -0.25) is 4.79 Å². The molecule has 19 N–H and O–H groups in total. The maximum absolute atomic E-state index is 12.6. The number of aliphatic hydroxyl groups is 18. The summed E-state index contributed by atoms with van der Waals surface area (Å²) in [6.07, 6.45) is -53.7. The van der Waals surface area contributed by atoms with E-state index in [2.05, 4.69) is 5.32 Å². The quantitative estimate of drug-likeness (QED) is 0.0682. The zero-order chi connectivity index (χ0) is 50.9. The molecule has 0 aromatic heterocycles. The Labute approximate surface area is 390 Å². The Morgan fingerprint density at radius 1 is 0.377 bits per heavy atom. The summed E-state index contributed by atoms with van der Waals surface area (Å²) in [6, 6.07) is -1.74. The Morgan fingerprint density at radius 2 is 0.754 bits per heavy atom. The molecule has 0 aliphatic carbocycles. The van der Waals surface area contributed by atoms with Crippen LogP contribution < -0.4 is 5.32 Å². The predicted molar refractivity (Wildman–Crippen MR) is 209 cm³/mol. The van der Waals surface area contributed by atoms with E-state index in [1.54, 1.807) is 0 Å². The van der Waals surface area contributed by atoms with Gasteiger partial charge in [0.05, 0.1) is 39.1 Å². The van der Waals surface area contributed by atoms with Gasteiger partial charge in [-0.15, -0.1) is 0 Å². The molecule has 6 heterocycles. The van der Waals surface area contributed by atoms with Crippen LogP contribution in [0.1, 0.15) is 13.8 Å². The number of hydrogen-bond acceptors (Lipinski definition) is 30. The lowest BCUT2D eigenvalue weighted by atomic mass is 9.94. The molecule has 6 rings (SSSR count). The van der Waals surface area contributed by atoms with Gasteiger partial charge in [0.1, 0.15) is 140 Å². The normalized spacial score (nSPS) is 52.1. The lowest BCUT2D eigenvalue weighted by Gasteiger charge is -2.50. The van der Waals surface area contributed by atoms with Crippen LogP contribution in [0.5, 0.6) is 0 Å². The monoisotopic (exact) mass is 1020 g/mol. The molecule has 6 aliphatic heterocycles. The summed E-state index contributed by atoms with van der Waals surface area (Å²) < 4.78 is 61.6. The molecule has 0 spiro atoms. The highest BCUT2D eigenvalue weighted by Crippen LogP contribution is 2.37. The van der Waals surface area contributed by atoms with E-state index >= 15 is 0 Å². The maximum Gasteiger partial charge on any atom is 0.217 e. The highest BCUT2D eigenvalue weighted by Gasteiger charge is 2.58. The highest BCUT2D eigenvalue weighted by atomic mass is 16.8. The minimum Gasteiger partial charge on any atom is -0.394 e. The SMILES string of the molecule is CC(=O)N[C@H]1[C@H](O[C@@H]2[C@H](O)[C@@H](O)[C@@H](O[C@@H]3[C@H](O)[C@@H](O)[C@H](O[C@H]4[C@H](O)[C@@H](O)[C@H](O)O[C@@H]4CO)O[C@@H]3CO)O[C@@H]2CO)O[C@H](CO)[C@H](O)[C@@H]1O[C@@H]1O[C@H](CO)[C@H](O)[C@H](O[C@H]2[C@H](O)[C@H](O)[C@H](C)O[C@H]2O)[C@H]1O. The molecule has 6 aliphatic rings. The molecule has 69 heavy (non-hydrogen) atoms. The fraction of sp³-hybridized carbons (Fsp3) is 0.974. The molecule has 0 saturated carbocycles. The number of rotatable bonds is 16. The standard InChI is InChI=1S/C38H65NO30/c1-8-16(46)19(49)32(34(58)59-8)65-31-18(48)11(4-41)62-38(26(31)56)69-30-15(39-9(2)45)35(61-10(3-40)17(30)47)66-28-13(6-43)63-37(24(54)21(28)51)68-29-14(7-44)64-36(25(55)22(29)52)67-27-12(5-42)60-33(57)23(53)20(27)50/h8,10-38,40-44,46-58H,3-7H2,1-2H3,(H,39,45)/t8-,10+,11+,12+,13+,14+,15+,16+,17-,18-,19+,20+,21+,22+,23+,24+,25+,26+,27+,28-,29-,30+,31-,32-,33+,34+,35-,36-,37+,38-/m0/s1. The van der Waals surface area contributed by atoms with Gasteiger partial charge in [0, 0.05) is 6.92 Å². The summed E-state index contributed by atoms with van der Waals surface area (Å²) in [5, 5.41) is 194. The number of aliphatic hydroxyl groups excluding tert-OH is 18. The summed E-state index contributed by atoms with van der Waals surface area (Å²) in [6.45, 7) is -2.49. The van der Waals surface area contributed by atoms with Crippen LogP contribution in [0.2, 0.25) is 0 Å². The molecule has 0 unspecified atom stereocenters. The van der Waals surface area contributed by atoms with Crippen LogP contribution in [0.15, 0.2) is 0 Å². The Bertz CT molecular complexity index is 1610. The number of carbonyl (C=O) groups is 1. The van der Waals surface area contributed by atoms with Crippen LogP contribution in [-0.2, 0) is 56.9 Å². The van der Waals surface area contributed by atoms with E-state index in [-0.39, 0.29) is 0 Å². The van der Waals surface area contributed by atoms with E-state index in [1.807, 2.05) is 0 Å². The van der Waals surface area contributed by atoms with Crippen molar-refractivity contribution >= 4 is 5.91 Å². The number of carbonyl (C=O) groups excluding carboxylic acids is 1. The molecule has 30 atom stereocenters. The van der Waals surface area contributed by atoms with Crippen LogP contribution >= 0.6 is 0 Å². The van der Waals surface area contributed by atoms with E-state index in [1.165, 1.54) is 6.92 Å². The molecule has 402 valence electrons. The zero-order valence-corrected chi connectivity index (χ0v) is 36.8. The highest BCUT2D eigenvalue weighted by molar-refractivity contribution is 5.73. The Balaban J connectivity index is 1.17.